The van der Waals surface area contributed by atoms with Gasteiger partial charge in [0, 0.05) is 12.0 Å². The standard InChI is InChI=1S/C13H13NO2/c1-10(7-11-5-3-2-4-6-11)13-8-12(9-15)14-16-13/h2-6,8-10H,7H2,1H3. The summed E-state index contributed by atoms with van der Waals surface area (Å²) in [6, 6.07) is 11.9. The van der Waals surface area contributed by atoms with Crippen molar-refractivity contribution in [2.24, 2.45) is 0 Å². The second-order valence-corrected chi connectivity index (χ2v) is 3.86. The third-order valence-electron chi connectivity index (χ3n) is 2.54. The van der Waals surface area contributed by atoms with Crippen molar-refractivity contribution in [3.63, 3.8) is 0 Å². The van der Waals surface area contributed by atoms with E-state index in [9.17, 15) is 4.79 Å². The molecule has 0 spiro atoms. The van der Waals surface area contributed by atoms with E-state index in [-0.39, 0.29) is 5.92 Å². The molecule has 0 N–H and O–H groups in total. The van der Waals surface area contributed by atoms with Crippen LogP contribution in [0.15, 0.2) is 40.9 Å². The molecule has 0 saturated heterocycles. The number of rotatable bonds is 4. The maximum atomic E-state index is 10.5. The topological polar surface area (TPSA) is 43.1 Å². The molecule has 1 aromatic heterocycles. The molecule has 0 radical (unpaired) electrons. The number of hydrogen-bond donors (Lipinski definition) is 0. The zero-order valence-corrected chi connectivity index (χ0v) is 9.09. The van der Waals surface area contributed by atoms with Gasteiger partial charge in [-0.25, -0.2) is 0 Å². The summed E-state index contributed by atoms with van der Waals surface area (Å²) < 4.78 is 5.11. The van der Waals surface area contributed by atoms with Crippen LogP contribution in [0.4, 0.5) is 0 Å². The quantitative estimate of drug-likeness (QED) is 0.736. The first kappa shape index (κ1) is 10.6. The molecule has 1 heterocycles. The van der Waals surface area contributed by atoms with Gasteiger partial charge in [0.1, 0.15) is 11.5 Å². The first-order valence-electron chi connectivity index (χ1n) is 5.25. The first-order chi connectivity index (χ1) is 7.79. The van der Waals surface area contributed by atoms with Crippen LogP contribution in [0, 0.1) is 0 Å². The lowest BCUT2D eigenvalue weighted by molar-refractivity contribution is 0.111. The van der Waals surface area contributed by atoms with E-state index in [1.165, 1.54) is 5.56 Å². The van der Waals surface area contributed by atoms with E-state index in [0.29, 0.717) is 12.0 Å². The first-order valence-corrected chi connectivity index (χ1v) is 5.25. The lowest BCUT2D eigenvalue weighted by atomic mass is 9.99. The molecule has 0 aliphatic rings. The average molecular weight is 215 g/mol. The van der Waals surface area contributed by atoms with Crippen molar-refractivity contribution in [3.05, 3.63) is 53.4 Å². The molecular formula is C13H13NO2. The number of aldehydes is 1. The predicted octanol–water partition coefficient (Wildman–Crippen LogP) is 2.83. The van der Waals surface area contributed by atoms with Crippen molar-refractivity contribution >= 4 is 6.29 Å². The Bertz CT molecular complexity index is 462. The normalized spacial score (nSPS) is 12.3. The van der Waals surface area contributed by atoms with E-state index in [1.54, 1.807) is 6.07 Å². The Labute approximate surface area is 94.1 Å². The number of carbonyl (C=O) groups excluding carboxylic acids is 1. The highest BCUT2D eigenvalue weighted by molar-refractivity contribution is 5.71. The molecule has 2 aromatic rings. The second-order valence-electron chi connectivity index (χ2n) is 3.86. The minimum atomic E-state index is 0.226. The highest BCUT2D eigenvalue weighted by Gasteiger charge is 2.12. The van der Waals surface area contributed by atoms with Crippen LogP contribution >= 0.6 is 0 Å². The molecule has 0 saturated carbocycles. The molecule has 3 nitrogen and oxygen atoms in total. The zero-order chi connectivity index (χ0) is 11.4. The van der Waals surface area contributed by atoms with Gasteiger partial charge in [-0.05, 0) is 12.0 Å². The lowest BCUT2D eigenvalue weighted by Crippen LogP contribution is -1.96. The minimum absolute atomic E-state index is 0.226. The molecule has 1 unspecified atom stereocenters. The summed E-state index contributed by atoms with van der Waals surface area (Å²) in [6.07, 6.45) is 1.58. The van der Waals surface area contributed by atoms with Crippen LogP contribution in [0.2, 0.25) is 0 Å². The summed E-state index contributed by atoms with van der Waals surface area (Å²) in [5, 5.41) is 3.65. The van der Waals surface area contributed by atoms with Crippen molar-refractivity contribution in [1.82, 2.24) is 5.16 Å². The van der Waals surface area contributed by atoms with E-state index in [1.807, 2.05) is 18.2 Å². The maximum Gasteiger partial charge on any atom is 0.171 e. The van der Waals surface area contributed by atoms with Gasteiger partial charge in [0.15, 0.2) is 6.29 Å². The number of carbonyl (C=O) groups is 1. The van der Waals surface area contributed by atoms with Gasteiger partial charge >= 0.3 is 0 Å². The molecule has 0 bridgehead atoms. The summed E-state index contributed by atoms with van der Waals surface area (Å²) in [5.41, 5.74) is 1.61. The third kappa shape index (κ3) is 2.37. The fraction of sp³-hybridized carbons (Fsp3) is 0.231. The Morgan fingerprint density at radius 1 is 1.38 bits per heavy atom. The van der Waals surface area contributed by atoms with Crippen LogP contribution in [0.3, 0.4) is 0 Å². The van der Waals surface area contributed by atoms with E-state index in [0.717, 1.165) is 12.2 Å². The summed E-state index contributed by atoms with van der Waals surface area (Å²) in [6.45, 7) is 2.06. The van der Waals surface area contributed by atoms with Crippen molar-refractivity contribution in [2.75, 3.05) is 0 Å². The lowest BCUT2D eigenvalue weighted by Gasteiger charge is -2.06. The fourth-order valence-corrected chi connectivity index (χ4v) is 1.66. The molecule has 0 fully saturated rings. The van der Waals surface area contributed by atoms with Crippen LogP contribution in [0.25, 0.3) is 0 Å². The van der Waals surface area contributed by atoms with Gasteiger partial charge in [-0.2, -0.15) is 0 Å². The van der Waals surface area contributed by atoms with Crippen molar-refractivity contribution < 1.29 is 9.32 Å². The molecule has 82 valence electrons. The van der Waals surface area contributed by atoms with Crippen LogP contribution in [-0.4, -0.2) is 11.4 Å². The number of nitrogens with zero attached hydrogens (tertiary/aromatic N) is 1. The molecule has 2 rings (SSSR count). The fourth-order valence-electron chi connectivity index (χ4n) is 1.66. The summed E-state index contributed by atoms with van der Waals surface area (Å²) in [5.74, 6) is 0.981. The smallest absolute Gasteiger partial charge is 0.171 e. The number of benzene rings is 1. The number of hydrogen-bond acceptors (Lipinski definition) is 3. The maximum absolute atomic E-state index is 10.5. The van der Waals surface area contributed by atoms with E-state index in [4.69, 9.17) is 4.52 Å². The summed E-state index contributed by atoms with van der Waals surface area (Å²) in [7, 11) is 0. The summed E-state index contributed by atoms with van der Waals surface area (Å²) >= 11 is 0. The Morgan fingerprint density at radius 3 is 2.75 bits per heavy atom. The summed E-state index contributed by atoms with van der Waals surface area (Å²) in [4.78, 5) is 10.5. The average Bonchev–Trinajstić information content (AvgIpc) is 2.79. The third-order valence-corrected chi connectivity index (χ3v) is 2.54. The van der Waals surface area contributed by atoms with Crippen molar-refractivity contribution in [1.29, 1.82) is 0 Å². The Morgan fingerprint density at radius 2 is 2.12 bits per heavy atom. The molecule has 3 heteroatoms. The van der Waals surface area contributed by atoms with Gasteiger partial charge in [-0.15, -0.1) is 0 Å². The number of aromatic nitrogens is 1. The molecule has 1 aromatic carbocycles. The van der Waals surface area contributed by atoms with Crippen LogP contribution in [0.1, 0.15) is 34.7 Å². The SMILES string of the molecule is CC(Cc1ccccc1)c1cc(C=O)no1. The predicted molar refractivity (Wildman–Crippen MR) is 60.5 cm³/mol. The van der Waals surface area contributed by atoms with Crippen LogP contribution < -0.4 is 0 Å². The van der Waals surface area contributed by atoms with Crippen LogP contribution in [-0.2, 0) is 6.42 Å². The van der Waals surface area contributed by atoms with E-state index < -0.39 is 0 Å². The molecule has 0 amide bonds. The molecule has 16 heavy (non-hydrogen) atoms. The highest BCUT2D eigenvalue weighted by atomic mass is 16.5. The Kier molecular flexibility index (Phi) is 3.15. The Hall–Kier alpha value is -1.90. The van der Waals surface area contributed by atoms with Gasteiger partial charge in [0.25, 0.3) is 0 Å². The van der Waals surface area contributed by atoms with Gasteiger partial charge < -0.3 is 4.52 Å². The minimum Gasteiger partial charge on any atom is -0.360 e. The van der Waals surface area contributed by atoms with Gasteiger partial charge in [-0.3, -0.25) is 4.79 Å². The highest BCUT2D eigenvalue weighted by Crippen LogP contribution is 2.20. The van der Waals surface area contributed by atoms with Crippen molar-refractivity contribution in [3.8, 4) is 0 Å². The van der Waals surface area contributed by atoms with Crippen molar-refractivity contribution in [2.45, 2.75) is 19.3 Å². The molecule has 0 aliphatic carbocycles. The van der Waals surface area contributed by atoms with E-state index >= 15 is 0 Å². The molecular weight excluding hydrogens is 202 g/mol. The molecule has 0 aliphatic heterocycles. The van der Waals surface area contributed by atoms with Crippen LogP contribution in [0.5, 0.6) is 0 Å². The molecule has 1 atom stereocenters. The van der Waals surface area contributed by atoms with Gasteiger partial charge in [0.05, 0.1) is 0 Å². The second kappa shape index (κ2) is 4.75. The Balaban J connectivity index is 2.08. The monoisotopic (exact) mass is 215 g/mol. The van der Waals surface area contributed by atoms with E-state index in [2.05, 4.69) is 24.2 Å². The van der Waals surface area contributed by atoms with Gasteiger partial charge in [0.2, 0.25) is 0 Å². The van der Waals surface area contributed by atoms with Gasteiger partial charge in [-0.1, -0.05) is 42.4 Å². The zero-order valence-electron chi connectivity index (χ0n) is 9.09. The largest absolute Gasteiger partial charge is 0.360 e.